The molecule has 0 aromatic carbocycles. The Morgan fingerprint density at radius 2 is 2.42 bits per heavy atom. The molecular weight excluding hydrogens is 156 g/mol. The molecule has 0 saturated heterocycles. The molecule has 4 fully saturated rings. The Kier molecular flexibility index (Phi) is 0.971. The van der Waals surface area contributed by atoms with Crippen molar-refractivity contribution in [2.24, 2.45) is 23.2 Å². The molecule has 4 rings (SSSR count). The number of carbonyl (C=O) groups excluding carboxylic acids is 1. The van der Waals surface area contributed by atoms with Gasteiger partial charge in [-0.2, -0.15) is 0 Å². The summed E-state index contributed by atoms with van der Waals surface area (Å²) in [6.07, 6.45) is 1.70. The molecular formula is C9H12O3. The maximum absolute atomic E-state index is 11.4. The van der Waals surface area contributed by atoms with E-state index in [0.717, 1.165) is 12.8 Å². The van der Waals surface area contributed by atoms with Gasteiger partial charge in [-0.25, -0.2) is 0 Å². The molecule has 12 heavy (non-hydrogen) atoms. The zero-order valence-corrected chi connectivity index (χ0v) is 6.99. The molecule has 2 unspecified atom stereocenters. The molecule has 3 nitrogen and oxygen atoms in total. The van der Waals surface area contributed by atoms with Crippen LogP contribution in [0.4, 0.5) is 0 Å². The standard InChI is InChI=1S/C9H12O3/c1-12-8(11)9-3-4-2-5(9)6(9)7(4)10/h4-7,10H,2-3H2,1H3/t4-,5?,6?,7+,9+/m1/s1. The SMILES string of the molecule is COC(=O)[C@@]12C[C@H]3CC1C2[C@H]3O. The predicted molar refractivity (Wildman–Crippen MR) is 40.2 cm³/mol. The Bertz CT molecular complexity index is 262. The van der Waals surface area contributed by atoms with E-state index in [4.69, 9.17) is 4.74 Å². The smallest absolute Gasteiger partial charge is 0.312 e. The quantitative estimate of drug-likeness (QED) is 0.568. The fourth-order valence-corrected chi connectivity index (χ4v) is 3.70. The molecule has 0 heterocycles. The van der Waals surface area contributed by atoms with Crippen molar-refractivity contribution in [2.75, 3.05) is 7.11 Å². The van der Waals surface area contributed by atoms with Crippen LogP contribution in [-0.4, -0.2) is 24.3 Å². The monoisotopic (exact) mass is 168 g/mol. The summed E-state index contributed by atoms with van der Waals surface area (Å²) in [6.45, 7) is 0. The van der Waals surface area contributed by atoms with Crippen LogP contribution in [0.15, 0.2) is 0 Å². The highest BCUT2D eigenvalue weighted by Gasteiger charge is 2.82. The van der Waals surface area contributed by atoms with E-state index >= 15 is 0 Å². The van der Waals surface area contributed by atoms with Crippen LogP contribution in [-0.2, 0) is 9.53 Å². The minimum Gasteiger partial charge on any atom is -0.469 e. The Balaban J connectivity index is 1.96. The van der Waals surface area contributed by atoms with Crippen LogP contribution in [0.3, 0.4) is 0 Å². The molecule has 5 atom stereocenters. The Hall–Kier alpha value is -0.570. The van der Waals surface area contributed by atoms with Gasteiger partial charge in [-0.05, 0) is 24.7 Å². The van der Waals surface area contributed by atoms with Gasteiger partial charge in [0.2, 0.25) is 0 Å². The number of ether oxygens (including phenoxy) is 1. The molecule has 0 aromatic rings. The molecule has 1 N–H and O–H groups in total. The first kappa shape index (κ1) is 6.89. The zero-order chi connectivity index (χ0) is 8.51. The fourth-order valence-electron chi connectivity index (χ4n) is 3.70. The summed E-state index contributed by atoms with van der Waals surface area (Å²) >= 11 is 0. The molecule has 4 aliphatic rings. The first-order chi connectivity index (χ1) is 5.71. The highest BCUT2D eigenvalue weighted by Crippen LogP contribution is 2.79. The third-order valence-electron chi connectivity index (χ3n) is 4.15. The number of esters is 1. The van der Waals surface area contributed by atoms with E-state index in [0.29, 0.717) is 11.8 Å². The lowest BCUT2D eigenvalue weighted by Crippen LogP contribution is -2.18. The van der Waals surface area contributed by atoms with Gasteiger partial charge < -0.3 is 9.84 Å². The number of hydrogen-bond acceptors (Lipinski definition) is 3. The van der Waals surface area contributed by atoms with Gasteiger partial charge in [0, 0.05) is 5.92 Å². The summed E-state index contributed by atoms with van der Waals surface area (Å²) < 4.78 is 4.77. The molecule has 66 valence electrons. The van der Waals surface area contributed by atoms with Crippen molar-refractivity contribution in [3.05, 3.63) is 0 Å². The minimum atomic E-state index is -0.237. The van der Waals surface area contributed by atoms with E-state index in [1.165, 1.54) is 7.11 Å². The van der Waals surface area contributed by atoms with Crippen molar-refractivity contribution < 1.29 is 14.6 Å². The molecule has 0 amide bonds. The van der Waals surface area contributed by atoms with Gasteiger partial charge in [0.05, 0.1) is 18.6 Å². The first-order valence-electron chi connectivity index (χ1n) is 4.48. The Labute approximate surface area is 70.7 Å². The molecule has 0 spiro atoms. The van der Waals surface area contributed by atoms with Crippen molar-refractivity contribution in [3.63, 3.8) is 0 Å². The molecule has 3 heteroatoms. The normalized spacial score (nSPS) is 58.8. The molecule has 4 bridgehead atoms. The number of hydrogen-bond donors (Lipinski definition) is 1. The predicted octanol–water partition coefficient (Wildman–Crippen LogP) is 0.176. The van der Waals surface area contributed by atoms with Gasteiger partial charge in [-0.1, -0.05) is 0 Å². The fraction of sp³-hybridized carbons (Fsp3) is 0.889. The number of carbonyl (C=O) groups is 1. The summed E-state index contributed by atoms with van der Waals surface area (Å²) in [6, 6.07) is 0. The Morgan fingerprint density at radius 3 is 2.75 bits per heavy atom. The van der Waals surface area contributed by atoms with E-state index in [9.17, 15) is 9.90 Å². The maximum Gasteiger partial charge on any atom is 0.312 e. The lowest BCUT2D eigenvalue weighted by molar-refractivity contribution is -0.147. The van der Waals surface area contributed by atoms with Crippen molar-refractivity contribution in [1.29, 1.82) is 0 Å². The van der Waals surface area contributed by atoms with Crippen LogP contribution in [0.25, 0.3) is 0 Å². The first-order valence-corrected chi connectivity index (χ1v) is 4.48. The molecule has 4 aliphatic carbocycles. The van der Waals surface area contributed by atoms with Crippen LogP contribution in [0.2, 0.25) is 0 Å². The average molecular weight is 168 g/mol. The number of aliphatic hydroxyl groups excluding tert-OH is 1. The molecule has 0 radical (unpaired) electrons. The third kappa shape index (κ3) is 0.454. The number of methoxy groups -OCH3 is 1. The number of rotatable bonds is 1. The minimum absolute atomic E-state index is 0.0865. The van der Waals surface area contributed by atoms with E-state index in [-0.39, 0.29) is 23.4 Å². The third-order valence-corrected chi connectivity index (χ3v) is 4.15. The molecule has 0 aliphatic heterocycles. The van der Waals surface area contributed by atoms with Crippen molar-refractivity contribution in [3.8, 4) is 0 Å². The largest absolute Gasteiger partial charge is 0.469 e. The van der Waals surface area contributed by atoms with E-state index in [1.54, 1.807) is 0 Å². The molecule has 0 aromatic heterocycles. The van der Waals surface area contributed by atoms with Gasteiger partial charge in [-0.3, -0.25) is 4.79 Å². The highest BCUT2D eigenvalue weighted by atomic mass is 16.5. The second kappa shape index (κ2) is 1.69. The van der Waals surface area contributed by atoms with Crippen LogP contribution in [0, 0.1) is 23.2 Å². The Morgan fingerprint density at radius 1 is 1.67 bits per heavy atom. The van der Waals surface area contributed by atoms with E-state index in [2.05, 4.69) is 0 Å². The van der Waals surface area contributed by atoms with E-state index < -0.39 is 0 Å². The zero-order valence-electron chi connectivity index (χ0n) is 6.99. The number of aliphatic hydroxyl groups is 1. The highest BCUT2D eigenvalue weighted by molar-refractivity contribution is 5.83. The van der Waals surface area contributed by atoms with Gasteiger partial charge >= 0.3 is 5.97 Å². The van der Waals surface area contributed by atoms with E-state index in [1.807, 2.05) is 0 Å². The topological polar surface area (TPSA) is 46.5 Å². The summed E-state index contributed by atoms with van der Waals surface area (Å²) in [5.74, 6) is 0.996. The van der Waals surface area contributed by atoms with Gasteiger partial charge in [0.15, 0.2) is 0 Å². The molecule has 4 saturated carbocycles. The lowest BCUT2D eigenvalue weighted by atomic mass is 10.1. The van der Waals surface area contributed by atoms with Crippen LogP contribution >= 0.6 is 0 Å². The van der Waals surface area contributed by atoms with Crippen LogP contribution in [0.5, 0.6) is 0 Å². The lowest BCUT2D eigenvalue weighted by Gasteiger charge is -2.06. The van der Waals surface area contributed by atoms with Crippen LogP contribution < -0.4 is 0 Å². The second-order valence-electron chi connectivity index (χ2n) is 4.35. The summed E-state index contributed by atoms with van der Waals surface area (Å²) in [7, 11) is 1.44. The summed E-state index contributed by atoms with van der Waals surface area (Å²) in [5.41, 5.74) is -0.237. The second-order valence-corrected chi connectivity index (χ2v) is 4.35. The maximum atomic E-state index is 11.4. The summed E-state index contributed by atoms with van der Waals surface area (Å²) in [5, 5.41) is 9.65. The summed E-state index contributed by atoms with van der Waals surface area (Å²) in [4.78, 5) is 11.4. The average Bonchev–Trinajstić information content (AvgIpc) is 2.44. The van der Waals surface area contributed by atoms with Crippen molar-refractivity contribution in [1.82, 2.24) is 0 Å². The van der Waals surface area contributed by atoms with Gasteiger partial charge in [0.25, 0.3) is 0 Å². The van der Waals surface area contributed by atoms with Gasteiger partial charge in [-0.15, -0.1) is 0 Å². The van der Waals surface area contributed by atoms with Gasteiger partial charge in [0.1, 0.15) is 0 Å². The van der Waals surface area contributed by atoms with Crippen LogP contribution in [0.1, 0.15) is 12.8 Å². The van der Waals surface area contributed by atoms with Crippen molar-refractivity contribution in [2.45, 2.75) is 18.9 Å². The van der Waals surface area contributed by atoms with Crippen molar-refractivity contribution >= 4 is 5.97 Å².